The monoisotopic (exact) mass is 331 g/mol. The lowest BCUT2D eigenvalue weighted by Crippen LogP contribution is -2.37. The Bertz CT molecular complexity index is 677. The van der Waals surface area contributed by atoms with E-state index in [1.165, 1.54) is 19.3 Å². The Hall–Kier alpha value is -2.28. The molecule has 2 N–H and O–H groups in total. The van der Waals surface area contributed by atoms with Crippen molar-refractivity contribution in [1.29, 1.82) is 0 Å². The Labute approximate surface area is 142 Å². The first-order valence-electron chi connectivity index (χ1n) is 8.21. The van der Waals surface area contributed by atoms with Crippen LogP contribution in [-0.2, 0) is 7.05 Å². The number of nitrogens with zero attached hydrogens (tertiary/aromatic N) is 4. The molecule has 1 fully saturated rings. The number of carbonyl (C=O) groups excluding carboxylic acids is 1. The van der Waals surface area contributed by atoms with Gasteiger partial charge >= 0.3 is 0 Å². The smallest absolute Gasteiger partial charge is 0.272 e. The van der Waals surface area contributed by atoms with E-state index in [0.717, 1.165) is 25.6 Å². The molecule has 2 heterocycles. The number of aliphatic hydroxyl groups is 1. The zero-order valence-corrected chi connectivity index (χ0v) is 14.5. The van der Waals surface area contributed by atoms with Crippen molar-refractivity contribution in [2.75, 3.05) is 7.11 Å². The molecule has 1 amide bonds. The molecule has 2 aromatic heterocycles. The summed E-state index contributed by atoms with van der Waals surface area (Å²) in [5.41, 5.74) is 2.57. The van der Waals surface area contributed by atoms with Gasteiger partial charge in [0, 0.05) is 20.2 Å². The molecule has 3 rings (SSSR count). The number of aromatic nitrogens is 4. The van der Waals surface area contributed by atoms with Gasteiger partial charge in [0.1, 0.15) is 11.4 Å². The highest BCUT2D eigenvalue weighted by molar-refractivity contribution is 5.93. The molecule has 0 unspecified atom stereocenters. The molecule has 0 bridgehead atoms. The molecule has 0 aliphatic heterocycles. The van der Waals surface area contributed by atoms with E-state index in [1.54, 1.807) is 18.7 Å². The molecule has 7 nitrogen and oxygen atoms in total. The molecule has 2 aromatic rings. The Kier molecular flexibility index (Phi) is 6.43. The van der Waals surface area contributed by atoms with E-state index in [-0.39, 0.29) is 11.9 Å². The van der Waals surface area contributed by atoms with Crippen molar-refractivity contribution >= 4 is 5.91 Å². The predicted octanol–water partition coefficient (Wildman–Crippen LogP) is 1.86. The van der Waals surface area contributed by atoms with Crippen molar-refractivity contribution in [3.8, 4) is 11.4 Å². The minimum absolute atomic E-state index is 0.124. The molecule has 1 aliphatic carbocycles. The molecule has 0 atom stereocenters. The van der Waals surface area contributed by atoms with Crippen LogP contribution in [0.25, 0.3) is 11.4 Å². The average Bonchev–Trinajstić information content (AvgIpc) is 3.04. The van der Waals surface area contributed by atoms with Crippen molar-refractivity contribution in [1.82, 2.24) is 24.8 Å². The number of hydrogen-bond acceptors (Lipinski definition) is 5. The summed E-state index contributed by atoms with van der Waals surface area (Å²) in [6.07, 6.45) is 10.9. The maximum Gasteiger partial charge on any atom is 0.272 e. The largest absolute Gasteiger partial charge is 0.400 e. The summed E-state index contributed by atoms with van der Waals surface area (Å²) in [6.45, 7) is 1.82. The van der Waals surface area contributed by atoms with E-state index in [2.05, 4.69) is 20.3 Å². The highest BCUT2D eigenvalue weighted by Crippen LogP contribution is 2.19. The molecule has 1 aliphatic rings. The Morgan fingerprint density at radius 2 is 1.96 bits per heavy atom. The van der Waals surface area contributed by atoms with Crippen LogP contribution in [0.1, 0.15) is 48.3 Å². The van der Waals surface area contributed by atoms with Crippen LogP contribution in [0, 0.1) is 6.92 Å². The predicted molar refractivity (Wildman–Crippen MR) is 91.5 cm³/mol. The third-order valence-corrected chi connectivity index (χ3v) is 4.19. The van der Waals surface area contributed by atoms with Crippen LogP contribution in [0.5, 0.6) is 0 Å². The van der Waals surface area contributed by atoms with Crippen LogP contribution < -0.4 is 5.32 Å². The van der Waals surface area contributed by atoms with E-state index >= 15 is 0 Å². The fourth-order valence-electron chi connectivity index (χ4n) is 2.89. The first-order chi connectivity index (χ1) is 11.6. The van der Waals surface area contributed by atoms with Gasteiger partial charge in [-0.05, 0) is 19.8 Å². The van der Waals surface area contributed by atoms with Gasteiger partial charge in [0.25, 0.3) is 5.91 Å². The molecule has 1 saturated carbocycles. The van der Waals surface area contributed by atoms with E-state index < -0.39 is 0 Å². The molecule has 0 radical (unpaired) electrons. The third-order valence-electron chi connectivity index (χ3n) is 4.19. The minimum Gasteiger partial charge on any atom is -0.400 e. The fourth-order valence-corrected chi connectivity index (χ4v) is 2.89. The van der Waals surface area contributed by atoms with Gasteiger partial charge in [-0.25, -0.2) is 9.97 Å². The van der Waals surface area contributed by atoms with Crippen molar-refractivity contribution in [3.63, 3.8) is 0 Å². The van der Waals surface area contributed by atoms with Crippen molar-refractivity contribution < 1.29 is 9.90 Å². The van der Waals surface area contributed by atoms with Gasteiger partial charge in [-0.1, -0.05) is 19.3 Å². The number of aliphatic hydroxyl groups excluding tert-OH is 1. The van der Waals surface area contributed by atoms with Gasteiger partial charge in [-0.3, -0.25) is 9.78 Å². The summed E-state index contributed by atoms with van der Waals surface area (Å²) in [6, 6.07) is 0.266. The van der Waals surface area contributed by atoms with Crippen LogP contribution in [0.15, 0.2) is 18.7 Å². The second-order valence-electron chi connectivity index (χ2n) is 5.89. The summed E-state index contributed by atoms with van der Waals surface area (Å²) in [5.74, 6) is -0.124. The highest BCUT2D eigenvalue weighted by Gasteiger charge is 2.20. The number of carbonyl (C=O) groups is 1. The second-order valence-corrected chi connectivity index (χ2v) is 5.89. The van der Waals surface area contributed by atoms with E-state index in [1.807, 2.05) is 18.5 Å². The summed E-state index contributed by atoms with van der Waals surface area (Å²) in [4.78, 5) is 25.4. The number of imidazole rings is 1. The summed E-state index contributed by atoms with van der Waals surface area (Å²) >= 11 is 0. The second kappa shape index (κ2) is 8.54. The highest BCUT2D eigenvalue weighted by atomic mass is 16.2. The summed E-state index contributed by atoms with van der Waals surface area (Å²) in [5, 5.41) is 10.1. The van der Waals surface area contributed by atoms with E-state index in [0.29, 0.717) is 17.1 Å². The Balaban J connectivity index is 0.00000100. The Morgan fingerprint density at radius 1 is 1.25 bits per heavy atom. The molecular weight excluding hydrogens is 306 g/mol. The number of nitrogens with one attached hydrogen (secondary N) is 1. The van der Waals surface area contributed by atoms with Gasteiger partial charge in [0.15, 0.2) is 0 Å². The molecular formula is C17H25N5O2. The zero-order chi connectivity index (χ0) is 17.5. The maximum atomic E-state index is 12.5. The molecule has 0 saturated heterocycles. The van der Waals surface area contributed by atoms with Crippen LogP contribution in [0.2, 0.25) is 0 Å². The fraction of sp³-hybridized carbons (Fsp3) is 0.529. The number of rotatable bonds is 3. The van der Waals surface area contributed by atoms with Crippen molar-refractivity contribution in [2.24, 2.45) is 7.05 Å². The minimum atomic E-state index is -0.124. The first kappa shape index (κ1) is 18.1. The van der Waals surface area contributed by atoms with Gasteiger partial charge in [0.2, 0.25) is 0 Å². The standard InChI is InChI=1S/C16H21N5O.CH4O/c1-11-15(16(22)19-12-6-4-3-5-7-12)20-13(8-18-11)14-9-17-10-21(14)2;1-2/h8-10,12H,3-7H2,1-2H3,(H,19,22);2H,1H3. The molecule has 0 spiro atoms. The number of aryl methyl sites for hydroxylation is 2. The molecule has 0 aromatic carbocycles. The van der Waals surface area contributed by atoms with E-state index in [9.17, 15) is 4.79 Å². The number of amides is 1. The summed E-state index contributed by atoms with van der Waals surface area (Å²) in [7, 11) is 2.89. The van der Waals surface area contributed by atoms with Gasteiger partial charge in [0.05, 0.1) is 30.1 Å². The molecule has 130 valence electrons. The SMILES string of the molecule is CO.Cc1ncc(-c2cncn2C)nc1C(=O)NC1CCCCC1. The van der Waals surface area contributed by atoms with Crippen molar-refractivity contribution in [3.05, 3.63) is 30.1 Å². The summed E-state index contributed by atoms with van der Waals surface area (Å²) < 4.78 is 1.86. The van der Waals surface area contributed by atoms with Crippen LogP contribution in [0.4, 0.5) is 0 Å². The van der Waals surface area contributed by atoms with Gasteiger partial charge < -0.3 is 15.0 Å². The zero-order valence-electron chi connectivity index (χ0n) is 14.5. The van der Waals surface area contributed by atoms with Gasteiger partial charge in [-0.15, -0.1) is 0 Å². The quantitative estimate of drug-likeness (QED) is 0.895. The first-order valence-corrected chi connectivity index (χ1v) is 8.21. The van der Waals surface area contributed by atoms with E-state index in [4.69, 9.17) is 5.11 Å². The Morgan fingerprint density at radius 3 is 2.58 bits per heavy atom. The molecule has 24 heavy (non-hydrogen) atoms. The maximum absolute atomic E-state index is 12.5. The lowest BCUT2D eigenvalue weighted by molar-refractivity contribution is 0.0921. The lowest BCUT2D eigenvalue weighted by atomic mass is 9.95. The van der Waals surface area contributed by atoms with Gasteiger partial charge in [-0.2, -0.15) is 0 Å². The third kappa shape index (κ3) is 4.17. The lowest BCUT2D eigenvalue weighted by Gasteiger charge is -2.22. The van der Waals surface area contributed by atoms with Crippen LogP contribution in [0.3, 0.4) is 0 Å². The number of hydrogen-bond donors (Lipinski definition) is 2. The normalized spacial score (nSPS) is 14.7. The van der Waals surface area contributed by atoms with Crippen LogP contribution in [-0.4, -0.2) is 43.7 Å². The molecule has 7 heteroatoms. The van der Waals surface area contributed by atoms with Crippen LogP contribution >= 0.6 is 0 Å². The average molecular weight is 331 g/mol. The topological polar surface area (TPSA) is 92.9 Å². The van der Waals surface area contributed by atoms with Crippen molar-refractivity contribution in [2.45, 2.75) is 45.1 Å².